The molecule has 1 aliphatic carbocycles. The van der Waals surface area contributed by atoms with Gasteiger partial charge >= 0.3 is 0 Å². The maximum absolute atomic E-state index is 5.47. The summed E-state index contributed by atoms with van der Waals surface area (Å²) in [6.45, 7) is 9.70. The van der Waals surface area contributed by atoms with E-state index in [2.05, 4.69) is 38.2 Å². The van der Waals surface area contributed by atoms with Crippen LogP contribution >= 0.6 is 0 Å². The second-order valence-corrected chi connectivity index (χ2v) is 5.45. The van der Waals surface area contributed by atoms with Crippen LogP contribution < -0.4 is 5.32 Å². The summed E-state index contributed by atoms with van der Waals surface area (Å²) in [5.74, 6) is 2.43. The van der Waals surface area contributed by atoms with E-state index in [4.69, 9.17) is 4.52 Å². The second-order valence-electron chi connectivity index (χ2n) is 5.45. The van der Waals surface area contributed by atoms with E-state index in [1.807, 2.05) is 0 Å². The van der Waals surface area contributed by atoms with Crippen LogP contribution in [0.25, 0.3) is 0 Å². The molecule has 0 aliphatic heterocycles. The van der Waals surface area contributed by atoms with Crippen LogP contribution in [0.4, 0.5) is 0 Å². The predicted molar refractivity (Wildman–Crippen MR) is 64.4 cm³/mol. The highest BCUT2D eigenvalue weighted by Gasteiger charge is 2.28. The summed E-state index contributed by atoms with van der Waals surface area (Å²) in [6, 6.07) is 0.491. The van der Waals surface area contributed by atoms with Crippen LogP contribution in [-0.2, 0) is 13.0 Å². The van der Waals surface area contributed by atoms with Crippen molar-refractivity contribution in [3.8, 4) is 0 Å². The lowest BCUT2D eigenvalue weighted by atomic mass is 9.81. The van der Waals surface area contributed by atoms with Crippen molar-refractivity contribution in [3.63, 3.8) is 0 Å². The Morgan fingerprint density at radius 2 is 2.19 bits per heavy atom. The molecule has 0 amide bonds. The number of nitrogens with one attached hydrogen (secondary N) is 1. The van der Waals surface area contributed by atoms with Crippen molar-refractivity contribution in [2.75, 3.05) is 0 Å². The van der Waals surface area contributed by atoms with Gasteiger partial charge in [-0.05, 0) is 18.3 Å². The molecule has 2 rings (SSSR count). The first-order valence-electron chi connectivity index (χ1n) is 6.28. The molecule has 0 spiro atoms. The first kappa shape index (κ1) is 11.6. The van der Waals surface area contributed by atoms with Crippen LogP contribution in [0.1, 0.15) is 57.1 Å². The fourth-order valence-corrected chi connectivity index (χ4v) is 2.63. The lowest BCUT2D eigenvalue weighted by molar-refractivity contribution is 0.332. The second kappa shape index (κ2) is 4.58. The Morgan fingerprint density at radius 3 is 2.88 bits per heavy atom. The van der Waals surface area contributed by atoms with Crippen molar-refractivity contribution in [1.29, 1.82) is 0 Å². The summed E-state index contributed by atoms with van der Waals surface area (Å²) in [5.41, 5.74) is 2.48. The lowest BCUT2D eigenvalue weighted by Crippen LogP contribution is -2.23. The monoisotopic (exact) mass is 222 g/mol. The smallest absolute Gasteiger partial charge is 0.140 e. The Kier molecular flexibility index (Phi) is 3.33. The van der Waals surface area contributed by atoms with E-state index in [0.717, 1.165) is 30.3 Å². The van der Waals surface area contributed by atoms with Crippen LogP contribution in [-0.4, -0.2) is 11.2 Å². The molecule has 0 radical (unpaired) electrons. The van der Waals surface area contributed by atoms with Gasteiger partial charge in [0.05, 0.1) is 0 Å². The molecule has 3 nitrogen and oxygen atoms in total. The molecule has 1 N–H and O–H groups in total. The van der Waals surface area contributed by atoms with Gasteiger partial charge in [0.25, 0.3) is 0 Å². The van der Waals surface area contributed by atoms with Gasteiger partial charge in [0.1, 0.15) is 11.5 Å². The Balaban J connectivity index is 2.16. The third kappa shape index (κ3) is 2.29. The van der Waals surface area contributed by atoms with Gasteiger partial charge < -0.3 is 9.84 Å². The summed E-state index contributed by atoms with van der Waals surface area (Å²) >= 11 is 0. The zero-order chi connectivity index (χ0) is 11.7. The third-order valence-corrected chi connectivity index (χ3v) is 3.34. The Labute approximate surface area is 97.6 Å². The van der Waals surface area contributed by atoms with Crippen LogP contribution in [0.15, 0.2) is 4.52 Å². The van der Waals surface area contributed by atoms with E-state index < -0.39 is 0 Å². The van der Waals surface area contributed by atoms with Gasteiger partial charge in [0.2, 0.25) is 0 Å². The zero-order valence-corrected chi connectivity index (χ0v) is 10.7. The van der Waals surface area contributed by atoms with Crippen LogP contribution in [0.5, 0.6) is 0 Å². The van der Waals surface area contributed by atoms with E-state index >= 15 is 0 Å². The Morgan fingerprint density at radius 1 is 1.44 bits per heavy atom. The van der Waals surface area contributed by atoms with Gasteiger partial charge in [-0.15, -0.1) is 0 Å². The highest BCUT2D eigenvalue weighted by molar-refractivity contribution is 5.29. The van der Waals surface area contributed by atoms with E-state index in [9.17, 15) is 0 Å². The quantitative estimate of drug-likeness (QED) is 0.854. The van der Waals surface area contributed by atoms with Crippen molar-refractivity contribution in [2.24, 2.45) is 5.92 Å². The van der Waals surface area contributed by atoms with Gasteiger partial charge in [-0.25, -0.2) is 0 Å². The van der Waals surface area contributed by atoms with Gasteiger partial charge in [-0.1, -0.05) is 32.9 Å². The summed E-state index contributed by atoms with van der Waals surface area (Å²) in [5, 5.41) is 7.62. The molecule has 2 atom stereocenters. The first-order valence-corrected chi connectivity index (χ1v) is 6.28. The fraction of sp³-hybridized carbons (Fsp3) is 0.769. The average Bonchev–Trinajstić information content (AvgIpc) is 2.57. The predicted octanol–water partition coefficient (Wildman–Crippen LogP) is 2.86. The Hall–Kier alpha value is -0.830. The standard InChI is InChI=1S/C13H22N2O/c1-8(2)14-7-11-13-10(4)5-9(3)6-12(13)16-15-11/h8-10,14H,5-7H2,1-4H3. The van der Waals surface area contributed by atoms with Gasteiger partial charge in [0.15, 0.2) is 0 Å². The molecule has 1 aliphatic rings. The van der Waals surface area contributed by atoms with E-state index in [0.29, 0.717) is 12.0 Å². The summed E-state index contributed by atoms with van der Waals surface area (Å²) in [6.07, 6.45) is 2.30. The molecule has 0 bridgehead atoms. The maximum atomic E-state index is 5.47. The highest BCUT2D eigenvalue weighted by Crippen LogP contribution is 2.36. The van der Waals surface area contributed by atoms with E-state index in [1.165, 1.54) is 12.0 Å². The van der Waals surface area contributed by atoms with Crippen LogP contribution in [0, 0.1) is 5.92 Å². The minimum atomic E-state index is 0.491. The molecule has 1 aromatic rings. The number of fused-ring (bicyclic) bond motifs is 1. The molecule has 1 aromatic heterocycles. The number of hydrogen-bond acceptors (Lipinski definition) is 3. The lowest BCUT2D eigenvalue weighted by Gasteiger charge is -2.23. The molecule has 1 heterocycles. The van der Waals surface area contributed by atoms with Gasteiger partial charge in [0, 0.05) is 24.6 Å². The number of hydrogen-bond donors (Lipinski definition) is 1. The van der Waals surface area contributed by atoms with Crippen molar-refractivity contribution in [2.45, 2.75) is 59.0 Å². The zero-order valence-electron chi connectivity index (χ0n) is 10.7. The minimum Gasteiger partial charge on any atom is -0.361 e. The van der Waals surface area contributed by atoms with Crippen molar-refractivity contribution in [1.82, 2.24) is 10.5 Å². The molecule has 2 unspecified atom stereocenters. The van der Waals surface area contributed by atoms with Crippen molar-refractivity contribution in [3.05, 3.63) is 17.0 Å². The SMILES string of the molecule is CC1Cc2onc(CNC(C)C)c2C(C)C1. The highest BCUT2D eigenvalue weighted by atomic mass is 16.5. The van der Waals surface area contributed by atoms with Crippen LogP contribution in [0.2, 0.25) is 0 Å². The molecule has 0 aromatic carbocycles. The molecule has 90 valence electrons. The van der Waals surface area contributed by atoms with Gasteiger partial charge in [-0.3, -0.25) is 0 Å². The topological polar surface area (TPSA) is 38.1 Å². The van der Waals surface area contributed by atoms with E-state index in [1.54, 1.807) is 0 Å². The fourth-order valence-electron chi connectivity index (χ4n) is 2.63. The molecule has 0 saturated heterocycles. The summed E-state index contributed by atoms with van der Waals surface area (Å²) < 4.78 is 5.47. The number of nitrogens with zero attached hydrogens (tertiary/aromatic N) is 1. The van der Waals surface area contributed by atoms with Crippen LogP contribution in [0.3, 0.4) is 0 Å². The Bertz CT molecular complexity index is 357. The molecule has 16 heavy (non-hydrogen) atoms. The third-order valence-electron chi connectivity index (χ3n) is 3.34. The first-order chi connectivity index (χ1) is 7.58. The average molecular weight is 222 g/mol. The number of aromatic nitrogens is 1. The van der Waals surface area contributed by atoms with Crippen molar-refractivity contribution < 1.29 is 4.52 Å². The molecular weight excluding hydrogens is 200 g/mol. The summed E-state index contributed by atoms with van der Waals surface area (Å²) in [4.78, 5) is 0. The maximum Gasteiger partial charge on any atom is 0.140 e. The largest absolute Gasteiger partial charge is 0.361 e. The van der Waals surface area contributed by atoms with Crippen molar-refractivity contribution >= 4 is 0 Å². The molecular formula is C13H22N2O. The molecule has 0 saturated carbocycles. The normalized spacial score (nSPS) is 24.8. The minimum absolute atomic E-state index is 0.491. The van der Waals surface area contributed by atoms with Gasteiger partial charge in [-0.2, -0.15) is 0 Å². The molecule has 3 heteroatoms. The molecule has 0 fully saturated rings. The number of rotatable bonds is 3. The summed E-state index contributed by atoms with van der Waals surface area (Å²) in [7, 11) is 0. The van der Waals surface area contributed by atoms with E-state index in [-0.39, 0.29) is 0 Å².